The number of hydrogen-bond donors (Lipinski definition) is 0. The fourth-order valence-electron chi connectivity index (χ4n) is 0.813. The van der Waals surface area contributed by atoms with Crippen molar-refractivity contribution < 1.29 is 9.53 Å². The lowest BCUT2D eigenvalue weighted by Crippen LogP contribution is -2.27. The summed E-state index contributed by atoms with van der Waals surface area (Å²) in [5.41, 5.74) is 0. The molecule has 0 saturated carbocycles. The molecule has 0 bridgehead atoms. The van der Waals surface area contributed by atoms with Crippen LogP contribution in [-0.2, 0) is 9.53 Å². The lowest BCUT2D eigenvalue weighted by Gasteiger charge is -2.17. The van der Waals surface area contributed by atoms with Crippen LogP contribution in [0.25, 0.3) is 0 Å². The number of ketones is 1. The van der Waals surface area contributed by atoms with Crippen molar-refractivity contribution in [2.24, 2.45) is 5.92 Å². The van der Waals surface area contributed by atoms with Gasteiger partial charge >= 0.3 is 0 Å². The second kappa shape index (κ2) is 2.21. The van der Waals surface area contributed by atoms with Crippen molar-refractivity contribution in [3.63, 3.8) is 0 Å². The molecule has 2 heteroatoms. The first-order valence-electron chi connectivity index (χ1n) is 3.07. The highest BCUT2D eigenvalue weighted by molar-refractivity contribution is 5.86. The smallest absolute Gasteiger partial charge is 0.179 e. The van der Waals surface area contributed by atoms with Crippen molar-refractivity contribution in [1.29, 1.82) is 0 Å². The van der Waals surface area contributed by atoms with Crippen LogP contribution in [-0.4, -0.2) is 11.9 Å². The Balaban J connectivity index is 2.69. The Bertz CT molecular complexity index is 149. The van der Waals surface area contributed by atoms with E-state index in [9.17, 15) is 4.79 Å². The molecule has 2 atom stereocenters. The molecule has 2 nitrogen and oxygen atoms in total. The summed E-state index contributed by atoms with van der Waals surface area (Å²) in [5.74, 6) is 0.200. The molecule has 1 unspecified atom stereocenters. The minimum absolute atomic E-state index is 0.0359. The highest BCUT2D eigenvalue weighted by atomic mass is 16.5. The van der Waals surface area contributed by atoms with Crippen LogP contribution in [0.15, 0.2) is 12.3 Å². The molecule has 0 amide bonds. The third-order valence-electron chi connectivity index (χ3n) is 1.50. The summed E-state index contributed by atoms with van der Waals surface area (Å²) in [4.78, 5) is 10.9. The van der Waals surface area contributed by atoms with Gasteiger partial charge in [0.2, 0.25) is 0 Å². The molecule has 0 radical (unpaired) electrons. The maximum absolute atomic E-state index is 10.9. The van der Waals surface area contributed by atoms with E-state index in [2.05, 4.69) is 0 Å². The van der Waals surface area contributed by atoms with Crippen molar-refractivity contribution in [3.8, 4) is 0 Å². The zero-order valence-electron chi connectivity index (χ0n) is 5.63. The van der Waals surface area contributed by atoms with Crippen LogP contribution < -0.4 is 0 Å². The van der Waals surface area contributed by atoms with Crippen LogP contribution in [0, 0.1) is 5.92 Å². The van der Waals surface area contributed by atoms with Gasteiger partial charge < -0.3 is 4.74 Å². The summed E-state index contributed by atoms with van der Waals surface area (Å²) in [6.07, 6.45) is 3.11. The monoisotopic (exact) mass is 126 g/mol. The van der Waals surface area contributed by atoms with Gasteiger partial charge in [0.15, 0.2) is 11.9 Å². The molecule has 0 saturated heterocycles. The third-order valence-corrected chi connectivity index (χ3v) is 1.50. The van der Waals surface area contributed by atoms with E-state index in [1.165, 1.54) is 0 Å². The summed E-state index contributed by atoms with van der Waals surface area (Å²) in [7, 11) is 0. The lowest BCUT2D eigenvalue weighted by molar-refractivity contribution is -0.130. The Hall–Kier alpha value is -0.790. The van der Waals surface area contributed by atoms with E-state index in [4.69, 9.17) is 4.74 Å². The number of rotatable bonds is 0. The van der Waals surface area contributed by atoms with Gasteiger partial charge in [-0.25, -0.2) is 0 Å². The molecule has 0 aromatic rings. The number of hydrogen-bond acceptors (Lipinski definition) is 2. The minimum atomic E-state index is -0.245. The van der Waals surface area contributed by atoms with Gasteiger partial charge in [0.25, 0.3) is 0 Å². The molecule has 0 aliphatic carbocycles. The van der Waals surface area contributed by atoms with E-state index < -0.39 is 0 Å². The van der Waals surface area contributed by atoms with Gasteiger partial charge in [-0.05, 0) is 13.0 Å². The minimum Gasteiger partial charge on any atom is -0.491 e. The van der Waals surface area contributed by atoms with E-state index in [1.807, 2.05) is 6.92 Å². The molecule has 1 aliphatic rings. The third kappa shape index (κ3) is 1.12. The van der Waals surface area contributed by atoms with Gasteiger partial charge in [-0.15, -0.1) is 0 Å². The van der Waals surface area contributed by atoms with Gasteiger partial charge in [0.05, 0.1) is 6.26 Å². The first kappa shape index (κ1) is 6.33. The fraction of sp³-hybridized carbons (Fsp3) is 0.571. The largest absolute Gasteiger partial charge is 0.491 e. The van der Waals surface area contributed by atoms with Crippen molar-refractivity contribution in [2.75, 3.05) is 0 Å². The van der Waals surface area contributed by atoms with Crippen LogP contribution in [0.1, 0.15) is 13.8 Å². The van der Waals surface area contributed by atoms with Crippen LogP contribution in [0.3, 0.4) is 0 Å². The Kier molecular flexibility index (Phi) is 1.56. The lowest BCUT2D eigenvalue weighted by atomic mass is 10.0. The zero-order chi connectivity index (χ0) is 6.85. The average molecular weight is 126 g/mol. The highest BCUT2D eigenvalue weighted by Crippen LogP contribution is 2.11. The summed E-state index contributed by atoms with van der Waals surface area (Å²) in [5, 5.41) is 0. The maximum Gasteiger partial charge on any atom is 0.179 e. The van der Waals surface area contributed by atoms with Crippen LogP contribution in [0.2, 0.25) is 0 Å². The fourth-order valence-corrected chi connectivity index (χ4v) is 0.813. The maximum atomic E-state index is 10.9. The van der Waals surface area contributed by atoms with Crippen molar-refractivity contribution >= 4 is 5.78 Å². The SMILES string of the molecule is CC1OC=C[C@H](C)C1=O. The number of Topliss-reactive ketones (excluding diaryl/α,β-unsaturated/α-hetero) is 1. The topological polar surface area (TPSA) is 26.3 Å². The Labute approximate surface area is 54.5 Å². The molecule has 9 heavy (non-hydrogen) atoms. The van der Waals surface area contributed by atoms with E-state index in [0.29, 0.717) is 0 Å². The normalized spacial score (nSPS) is 34.2. The van der Waals surface area contributed by atoms with Crippen molar-refractivity contribution in [2.45, 2.75) is 20.0 Å². The molecule has 0 N–H and O–H groups in total. The molecule has 50 valence electrons. The Morgan fingerprint density at radius 3 is 2.67 bits per heavy atom. The number of carbonyl (C=O) groups is 1. The molecular weight excluding hydrogens is 116 g/mol. The van der Waals surface area contributed by atoms with Crippen LogP contribution in [0.4, 0.5) is 0 Å². The Morgan fingerprint density at radius 1 is 1.56 bits per heavy atom. The molecule has 0 aromatic carbocycles. The predicted octanol–water partition coefficient (Wildman–Crippen LogP) is 1.12. The summed E-state index contributed by atoms with van der Waals surface area (Å²) < 4.78 is 4.93. The van der Waals surface area contributed by atoms with Gasteiger partial charge in [-0.2, -0.15) is 0 Å². The molecule has 1 rings (SSSR count). The van der Waals surface area contributed by atoms with Crippen molar-refractivity contribution in [3.05, 3.63) is 12.3 Å². The molecule has 0 spiro atoms. The van der Waals surface area contributed by atoms with E-state index in [1.54, 1.807) is 19.3 Å². The van der Waals surface area contributed by atoms with Crippen LogP contribution in [0.5, 0.6) is 0 Å². The van der Waals surface area contributed by atoms with Crippen molar-refractivity contribution in [1.82, 2.24) is 0 Å². The zero-order valence-corrected chi connectivity index (χ0v) is 5.63. The summed E-state index contributed by atoms with van der Waals surface area (Å²) in [6.45, 7) is 3.64. The molecule has 1 heterocycles. The number of ether oxygens (including phenoxy) is 1. The summed E-state index contributed by atoms with van der Waals surface area (Å²) >= 11 is 0. The van der Waals surface area contributed by atoms with Gasteiger partial charge in [-0.3, -0.25) is 4.79 Å². The number of allylic oxidation sites excluding steroid dienone is 1. The first-order chi connectivity index (χ1) is 4.22. The van der Waals surface area contributed by atoms with Gasteiger partial charge in [0.1, 0.15) is 0 Å². The quantitative estimate of drug-likeness (QED) is 0.486. The standard InChI is InChI=1S/C7H10O2/c1-5-3-4-9-6(2)7(5)8/h3-6H,1-2H3/t5-,6?/m0/s1. The second-order valence-electron chi connectivity index (χ2n) is 2.30. The Morgan fingerprint density at radius 2 is 2.22 bits per heavy atom. The van der Waals surface area contributed by atoms with Gasteiger partial charge in [0, 0.05) is 5.92 Å². The molecular formula is C7H10O2. The molecule has 1 aliphatic heterocycles. The van der Waals surface area contributed by atoms with E-state index >= 15 is 0 Å². The van der Waals surface area contributed by atoms with E-state index in [0.717, 1.165) is 0 Å². The van der Waals surface area contributed by atoms with Crippen LogP contribution >= 0.6 is 0 Å². The first-order valence-corrected chi connectivity index (χ1v) is 3.07. The molecule has 0 fully saturated rings. The second-order valence-corrected chi connectivity index (χ2v) is 2.30. The predicted molar refractivity (Wildman–Crippen MR) is 33.9 cm³/mol. The average Bonchev–Trinajstić information content (AvgIpc) is 1.83. The van der Waals surface area contributed by atoms with E-state index in [-0.39, 0.29) is 17.8 Å². The number of carbonyl (C=O) groups excluding carboxylic acids is 1. The molecule has 0 aromatic heterocycles. The highest BCUT2D eigenvalue weighted by Gasteiger charge is 2.21. The van der Waals surface area contributed by atoms with Gasteiger partial charge in [-0.1, -0.05) is 6.92 Å². The summed E-state index contributed by atoms with van der Waals surface area (Å²) in [6, 6.07) is 0.